The Labute approximate surface area is 170 Å². The lowest BCUT2D eigenvalue weighted by atomic mass is 10.1. The molecule has 1 aromatic carbocycles. The molecule has 3 rings (SSSR count). The third-order valence-corrected chi connectivity index (χ3v) is 7.35. The van der Waals surface area contributed by atoms with E-state index in [-0.39, 0.29) is 16.8 Å². The van der Waals surface area contributed by atoms with Gasteiger partial charge in [-0.05, 0) is 43.3 Å². The molecule has 0 aliphatic carbocycles. The Hall–Kier alpha value is -2.19. The molecule has 28 heavy (non-hydrogen) atoms. The highest BCUT2D eigenvalue weighted by Crippen LogP contribution is 2.24. The molecule has 0 saturated carbocycles. The molecule has 0 fully saturated rings. The molecule has 150 valence electrons. The number of unbranched alkanes of at least 4 members (excludes halogenated alkanes) is 2. The molecule has 0 spiro atoms. The molecule has 1 N–H and O–H groups in total. The Morgan fingerprint density at radius 3 is 2.71 bits per heavy atom. The number of amides is 1. The van der Waals surface area contributed by atoms with E-state index in [1.54, 1.807) is 40.5 Å². The summed E-state index contributed by atoms with van der Waals surface area (Å²) in [6.07, 6.45) is 2.99. The van der Waals surface area contributed by atoms with Crippen LogP contribution in [0, 0.1) is 0 Å². The van der Waals surface area contributed by atoms with Crippen molar-refractivity contribution in [3.63, 3.8) is 0 Å². The second kappa shape index (κ2) is 8.87. The number of rotatable bonds is 8. The van der Waals surface area contributed by atoms with E-state index in [4.69, 9.17) is 0 Å². The number of thiophene rings is 1. The van der Waals surface area contributed by atoms with Crippen molar-refractivity contribution in [1.29, 1.82) is 0 Å². The molecular formula is C20H25N3O3S2. The number of benzene rings is 1. The number of carbonyl (C=O) groups is 1. The predicted molar refractivity (Wildman–Crippen MR) is 112 cm³/mol. The smallest absolute Gasteiger partial charge is 0.263 e. The van der Waals surface area contributed by atoms with Crippen LogP contribution in [0.1, 0.15) is 49.1 Å². The molecule has 0 bridgehead atoms. The average Bonchev–Trinajstić information content (AvgIpc) is 3.30. The summed E-state index contributed by atoms with van der Waals surface area (Å²) in [6, 6.07) is 11.0. The molecule has 8 heteroatoms. The highest BCUT2D eigenvalue weighted by atomic mass is 32.2. The zero-order valence-corrected chi connectivity index (χ0v) is 17.7. The summed E-state index contributed by atoms with van der Waals surface area (Å²) >= 11 is 1.66. The Morgan fingerprint density at radius 2 is 1.96 bits per heavy atom. The third-order valence-electron chi connectivity index (χ3n) is 4.91. The molecular weight excluding hydrogens is 394 g/mol. The number of aliphatic imine (C=N–C) groups is 1. The van der Waals surface area contributed by atoms with Crippen LogP contribution in [0.15, 0.2) is 51.7 Å². The van der Waals surface area contributed by atoms with E-state index in [1.807, 2.05) is 31.5 Å². The number of sulfonamides is 1. The van der Waals surface area contributed by atoms with Gasteiger partial charge in [0.15, 0.2) is 0 Å². The van der Waals surface area contributed by atoms with Crippen molar-refractivity contribution in [2.24, 2.45) is 4.99 Å². The minimum atomic E-state index is -3.48. The zero-order chi connectivity index (χ0) is 20.1. The van der Waals surface area contributed by atoms with E-state index in [2.05, 4.69) is 9.71 Å². The number of carbonyl (C=O) groups excluding carboxylic acids is 1. The van der Waals surface area contributed by atoms with Crippen LogP contribution >= 0.6 is 11.3 Å². The van der Waals surface area contributed by atoms with Gasteiger partial charge in [0.1, 0.15) is 5.84 Å². The zero-order valence-electron chi connectivity index (χ0n) is 16.1. The van der Waals surface area contributed by atoms with Crippen LogP contribution in [-0.2, 0) is 14.8 Å². The van der Waals surface area contributed by atoms with Gasteiger partial charge in [-0.15, -0.1) is 11.3 Å². The summed E-state index contributed by atoms with van der Waals surface area (Å²) in [4.78, 5) is 20.0. The number of hydrogen-bond acceptors (Lipinski definition) is 5. The van der Waals surface area contributed by atoms with Gasteiger partial charge >= 0.3 is 0 Å². The fourth-order valence-electron chi connectivity index (χ4n) is 3.12. The summed E-state index contributed by atoms with van der Waals surface area (Å²) in [7, 11) is -1.63. The van der Waals surface area contributed by atoms with Crippen LogP contribution < -0.4 is 4.72 Å². The van der Waals surface area contributed by atoms with Crippen LogP contribution in [0.3, 0.4) is 0 Å². The number of nitrogens with zero attached hydrogens (tertiary/aromatic N) is 2. The first-order valence-electron chi connectivity index (χ1n) is 9.36. The summed E-state index contributed by atoms with van der Waals surface area (Å²) in [6.45, 7) is 2.57. The highest BCUT2D eigenvalue weighted by molar-refractivity contribution is 7.90. The molecule has 0 saturated heterocycles. The van der Waals surface area contributed by atoms with Crippen LogP contribution in [0.2, 0.25) is 0 Å². The quantitative estimate of drug-likeness (QED) is 0.665. The Balaban J connectivity index is 1.42. The summed E-state index contributed by atoms with van der Waals surface area (Å²) in [5.74, 6) is 0.556. The Morgan fingerprint density at radius 1 is 1.18 bits per heavy atom. The van der Waals surface area contributed by atoms with Crippen molar-refractivity contribution >= 4 is 33.1 Å². The standard InChI is InChI=1S/C20H25N3O3S2/c1-15(17-10-8-14-27-17)23(2)19(24)12-4-3-7-13-21-20-16-9-5-6-11-18(16)28(25,26)22-20/h5-6,8-11,14-15H,3-4,7,12-13H2,1-2H3,(H,21,22). The minimum absolute atomic E-state index is 0.0920. The molecule has 1 aromatic heterocycles. The van der Waals surface area contributed by atoms with Crippen molar-refractivity contribution in [3.8, 4) is 0 Å². The molecule has 1 unspecified atom stereocenters. The second-order valence-electron chi connectivity index (χ2n) is 6.84. The van der Waals surface area contributed by atoms with E-state index in [1.165, 1.54) is 4.88 Å². The van der Waals surface area contributed by atoms with Crippen molar-refractivity contribution in [1.82, 2.24) is 9.62 Å². The SMILES string of the molecule is CC(c1cccs1)N(C)C(=O)CCCCCN=C1NS(=O)(=O)c2ccccc21. The molecule has 0 radical (unpaired) electrons. The van der Waals surface area contributed by atoms with Gasteiger partial charge in [-0.2, -0.15) is 0 Å². The molecule has 1 amide bonds. The average molecular weight is 420 g/mol. The van der Waals surface area contributed by atoms with Gasteiger partial charge in [0.25, 0.3) is 10.0 Å². The normalized spacial score (nSPS) is 17.1. The van der Waals surface area contributed by atoms with Gasteiger partial charge in [-0.1, -0.05) is 24.6 Å². The number of amidine groups is 1. The first-order chi connectivity index (χ1) is 13.4. The molecule has 2 heterocycles. The van der Waals surface area contributed by atoms with Crippen molar-refractivity contribution < 1.29 is 13.2 Å². The Kier molecular flexibility index (Phi) is 6.51. The number of hydrogen-bond donors (Lipinski definition) is 1. The fraction of sp³-hybridized carbons (Fsp3) is 0.400. The lowest BCUT2D eigenvalue weighted by Gasteiger charge is -2.24. The molecule has 1 atom stereocenters. The van der Waals surface area contributed by atoms with Gasteiger partial charge < -0.3 is 4.90 Å². The summed E-state index contributed by atoms with van der Waals surface area (Å²) in [5, 5.41) is 2.02. The van der Waals surface area contributed by atoms with Gasteiger partial charge in [-0.25, -0.2) is 8.42 Å². The van der Waals surface area contributed by atoms with Crippen molar-refractivity contribution in [3.05, 3.63) is 52.2 Å². The maximum Gasteiger partial charge on any atom is 0.263 e. The molecule has 6 nitrogen and oxygen atoms in total. The lowest BCUT2D eigenvalue weighted by Crippen LogP contribution is -2.28. The molecule has 2 aromatic rings. The largest absolute Gasteiger partial charge is 0.338 e. The first kappa shape index (κ1) is 20.5. The van der Waals surface area contributed by atoms with Crippen LogP contribution in [0.25, 0.3) is 0 Å². The van der Waals surface area contributed by atoms with E-state index < -0.39 is 10.0 Å². The van der Waals surface area contributed by atoms with Crippen LogP contribution in [-0.4, -0.2) is 38.7 Å². The van der Waals surface area contributed by atoms with Crippen molar-refractivity contribution in [2.45, 2.75) is 43.5 Å². The number of nitrogens with one attached hydrogen (secondary N) is 1. The van der Waals surface area contributed by atoms with Gasteiger partial charge in [0, 0.05) is 30.5 Å². The molecule has 1 aliphatic rings. The van der Waals surface area contributed by atoms with E-state index in [0.717, 1.165) is 19.3 Å². The lowest BCUT2D eigenvalue weighted by molar-refractivity contribution is -0.131. The molecule has 1 aliphatic heterocycles. The summed E-state index contributed by atoms with van der Waals surface area (Å²) in [5.41, 5.74) is 0.627. The maximum absolute atomic E-state index is 12.4. The fourth-order valence-corrected chi connectivity index (χ4v) is 5.20. The van der Waals surface area contributed by atoms with Gasteiger partial charge in [0.05, 0.1) is 10.9 Å². The second-order valence-corrected chi connectivity index (χ2v) is 9.47. The third kappa shape index (κ3) is 4.62. The Bertz CT molecular complexity index is 953. The first-order valence-corrected chi connectivity index (χ1v) is 11.7. The van der Waals surface area contributed by atoms with Gasteiger partial charge in [0.2, 0.25) is 5.91 Å². The predicted octanol–water partition coefficient (Wildman–Crippen LogP) is 3.57. The van der Waals surface area contributed by atoms with E-state index >= 15 is 0 Å². The van der Waals surface area contributed by atoms with Crippen molar-refractivity contribution in [2.75, 3.05) is 13.6 Å². The topological polar surface area (TPSA) is 78.8 Å². The number of fused-ring (bicyclic) bond motifs is 1. The minimum Gasteiger partial charge on any atom is -0.338 e. The van der Waals surface area contributed by atoms with E-state index in [0.29, 0.717) is 24.4 Å². The van der Waals surface area contributed by atoms with E-state index in [9.17, 15) is 13.2 Å². The highest BCUT2D eigenvalue weighted by Gasteiger charge is 2.29. The monoisotopic (exact) mass is 419 g/mol. The van der Waals surface area contributed by atoms with Crippen LogP contribution in [0.4, 0.5) is 0 Å². The van der Waals surface area contributed by atoms with Crippen LogP contribution in [0.5, 0.6) is 0 Å². The van der Waals surface area contributed by atoms with Gasteiger partial charge in [-0.3, -0.25) is 14.5 Å². The summed E-state index contributed by atoms with van der Waals surface area (Å²) < 4.78 is 26.6. The maximum atomic E-state index is 12.4.